The van der Waals surface area contributed by atoms with Gasteiger partial charge in [-0.2, -0.15) is 0 Å². The van der Waals surface area contributed by atoms with Crippen LogP contribution in [-0.4, -0.2) is 19.7 Å². The first-order valence-electron chi connectivity index (χ1n) is 8.66. The maximum atomic E-state index is 6.11. The monoisotopic (exact) mass is 291 g/mol. The van der Waals surface area contributed by atoms with Crippen LogP contribution in [0.5, 0.6) is 0 Å². The second kappa shape index (κ2) is 11.8. The predicted molar refractivity (Wildman–Crippen MR) is 91.8 cm³/mol. The Morgan fingerprint density at radius 2 is 1.62 bits per heavy atom. The van der Waals surface area contributed by atoms with Crippen LogP contribution >= 0.6 is 0 Å². The normalized spacial score (nSPS) is 12.5. The van der Waals surface area contributed by atoms with E-state index >= 15 is 0 Å². The van der Waals surface area contributed by atoms with Crippen LogP contribution in [0.2, 0.25) is 0 Å². The van der Waals surface area contributed by atoms with E-state index in [0.717, 1.165) is 19.7 Å². The Morgan fingerprint density at radius 1 is 0.952 bits per heavy atom. The van der Waals surface area contributed by atoms with Crippen LogP contribution in [-0.2, 0) is 4.74 Å². The number of likely N-dealkylation sites (N-methyl/N-ethyl adjacent to an activating group) is 1. The van der Waals surface area contributed by atoms with Gasteiger partial charge in [0, 0.05) is 13.2 Å². The number of ether oxygens (including phenoxy) is 1. The van der Waals surface area contributed by atoms with Crippen LogP contribution in [0.3, 0.4) is 0 Å². The smallest absolute Gasteiger partial charge is 0.0949 e. The maximum absolute atomic E-state index is 6.11. The third-order valence-corrected chi connectivity index (χ3v) is 3.85. The maximum Gasteiger partial charge on any atom is 0.0949 e. The molecule has 1 aromatic rings. The summed E-state index contributed by atoms with van der Waals surface area (Å²) in [4.78, 5) is 0. The summed E-state index contributed by atoms with van der Waals surface area (Å²) in [6.45, 7) is 9.28. The van der Waals surface area contributed by atoms with Crippen LogP contribution < -0.4 is 5.32 Å². The Hall–Kier alpha value is -0.860. The molecule has 1 atom stereocenters. The molecule has 1 N–H and O–H groups in total. The summed E-state index contributed by atoms with van der Waals surface area (Å²) in [6, 6.07) is 8.72. The highest BCUT2D eigenvalue weighted by Gasteiger charge is 2.11. The van der Waals surface area contributed by atoms with Gasteiger partial charge in [0.1, 0.15) is 0 Å². The lowest BCUT2D eigenvalue weighted by molar-refractivity contribution is 0.0501. The minimum absolute atomic E-state index is 0.182. The molecule has 0 spiro atoms. The van der Waals surface area contributed by atoms with Crippen molar-refractivity contribution in [2.45, 2.75) is 65.4 Å². The first-order valence-corrected chi connectivity index (χ1v) is 8.66. The molecule has 1 unspecified atom stereocenters. The van der Waals surface area contributed by atoms with Crippen molar-refractivity contribution in [3.8, 4) is 0 Å². The SMILES string of the molecule is CCCCCCCCOC(CNCC)c1ccc(C)cc1. The molecule has 0 saturated carbocycles. The van der Waals surface area contributed by atoms with Gasteiger partial charge in [0.15, 0.2) is 0 Å². The quantitative estimate of drug-likeness (QED) is 0.546. The summed E-state index contributed by atoms with van der Waals surface area (Å²) in [5.74, 6) is 0. The molecule has 0 aliphatic carbocycles. The molecule has 0 amide bonds. The van der Waals surface area contributed by atoms with E-state index in [0.29, 0.717) is 0 Å². The fourth-order valence-electron chi connectivity index (χ4n) is 2.44. The lowest BCUT2D eigenvalue weighted by Crippen LogP contribution is -2.23. The molecular formula is C19H33NO. The molecule has 0 aliphatic rings. The standard InChI is InChI=1S/C19H33NO/c1-4-6-7-8-9-10-15-21-19(16-20-5-2)18-13-11-17(3)12-14-18/h11-14,19-20H,4-10,15-16H2,1-3H3. The molecule has 1 aromatic carbocycles. The van der Waals surface area contributed by atoms with Crippen molar-refractivity contribution in [2.75, 3.05) is 19.7 Å². The summed E-state index contributed by atoms with van der Waals surface area (Å²) in [7, 11) is 0. The first kappa shape index (κ1) is 18.2. The molecule has 120 valence electrons. The summed E-state index contributed by atoms with van der Waals surface area (Å²) < 4.78 is 6.11. The van der Waals surface area contributed by atoms with Crippen LogP contribution in [0.1, 0.15) is 69.6 Å². The van der Waals surface area contributed by atoms with E-state index in [1.807, 2.05) is 0 Å². The molecule has 1 rings (SSSR count). The predicted octanol–water partition coefficient (Wildman–Crippen LogP) is 5.02. The Kier molecular flexibility index (Phi) is 10.2. The molecule has 21 heavy (non-hydrogen) atoms. The van der Waals surface area contributed by atoms with E-state index in [-0.39, 0.29) is 6.10 Å². The number of aryl methyl sites for hydroxylation is 1. The third-order valence-electron chi connectivity index (χ3n) is 3.85. The molecule has 0 aromatic heterocycles. The minimum atomic E-state index is 0.182. The third kappa shape index (κ3) is 8.23. The van der Waals surface area contributed by atoms with Crippen LogP contribution in [0.15, 0.2) is 24.3 Å². The lowest BCUT2D eigenvalue weighted by atomic mass is 10.1. The van der Waals surface area contributed by atoms with E-state index < -0.39 is 0 Å². The van der Waals surface area contributed by atoms with Gasteiger partial charge in [0.2, 0.25) is 0 Å². The molecule has 0 aliphatic heterocycles. The van der Waals surface area contributed by atoms with Gasteiger partial charge in [-0.25, -0.2) is 0 Å². The van der Waals surface area contributed by atoms with Gasteiger partial charge in [-0.1, -0.05) is 75.8 Å². The van der Waals surface area contributed by atoms with Crippen molar-refractivity contribution in [1.29, 1.82) is 0 Å². The molecule has 0 bridgehead atoms. The molecule has 2 nitrogen and oxygen atoms in total. The molecule has 0 saturated heterocycles. The van der Waals surface area contributed by atoms with E-state index in [1.54, 1.807) is 0 Å². The number of nitrogens with one attached hydrogen (secondary N) is 1. The number of benzene rings is 1. The Labute approximate surface area is 131 Å². The zero-order chi connectivity index (χ0) is 15.3. The Morgan fingerprint density at radius 3 is 2.29 bits per heavy atom. The van der Waals surface area contributed by atoms with E-state index in [9.17, 15) is 0 Å². The highest BCUT2D eigenvalue weighted by atomic mass is 16.5. The van der Waals surface area contributed by atoms with Crippen molar-refractivity contribution >= 4 is 0 Å². The second-order valence-corrected chi connectivity index (χ2v) is 5.85. The minimum Gasteiger partial charge on any atom is -0.372 e. The average molecular weight is 291 g/mol. The number of unbranched alkanes of at least 4 members (excludes halogenated alkanes) is 5. The van der Waals surface area contributed by atoms with Crippen molar-refractivity contribution in [1.82, 2.24) is 5.32 Å². The van der Waals surface area contributed by atoms with Crippen molar-refractivity contribution in [3.63, 3.8) is 0 Å². The Balaban J connectivity index is 2.31. The summed E-state index contributed by atoms with van der Waals surface area (Å²) in [5.41, 5.74) is 2.59. The van der Waals surface area contributed by atoms with E-state index in [4.69, 9.17) is 4.74 Å². The van der Waals surface area contributed by atoms with Gasteiger partial charge in [0.05, 0.1) is 6.10 Å². The molecular weight excluding hydrogens is 258 g/mol. The largest absolute Gasteiger partial charge is 0.372 e. The van der Waals surface area contributed by atoms with Crippen molar-refractivity contribution < 1.29 is 4.74 Å². The van der Waals surface area contributed by atoms with Crippen molar-refractivity contribution in [3.05, 3.63) is 35.4 Å². The van der Waals surface area contributed by atoms with Gasteiger partial charge in [-0.15, -0.1) is 0 Å². The Bertz CT molecular complexity index is 347. The number of hydrogen-bond donors (Lipinski definition) is 1. The molecule has 0 heterocycles. The highest BCUT2D eigenvalue weighted by molar-refractivity contribution is 5.23. The van der Waals surface area contributed by atoms with E-state index in [2.05, 4.69) is 50.4 Å². The van der Waals surface area contributed by atoms with Gasteiger partial charge in [-0.3, -0.25) is 0 Å². The average Bonchev–Trinajstić information content (AvgIpc) is 2.50. The fourth-order valence-corrected chi connectivity index (χ4v) is 2.44. The lowest BCUT2D eigenvalue weighted by Gasteiger charge is -2.19. The fraction of sp³-hybridized carbons (Fsp3) is 0.684. The highest BCUT2D eigenvalue weighted by Crippen LogP contribution is 2.18. The van der Waals surface area contributed by atoms with Gasteiger partial charge in [0.25, 0.3) is 0 Å². The van der Waals surface area contributed by atoms with Gasteiger partial charge >= 0.3 is 0 Å². The zero-order valence-electron chi connectivity index (χ0n) is 14.2. The molecule has 2 heteroatoms. The number of rotatable bonds is 12. The summed E-state index contributed by atoms with van der Waals surface area (Å²) >= 11 is 0. The molecule has 0 radical (unpaired) electrons. The van der Waals surface area contributed by atoms with Gasteiger partial charge < -0.3 is 10.1 Å². The summed E-state index contributed by atoms with van der Waals surface area (Å²) in [5, 5.41) is 3.41. The topological polar surface area (TPSA) is 21.3 Å². The van der Waals surface area contributed by atoms with Crippen LogP contribution in [0.25, 0.3) is 0 Å². The molecule has 0 fully saturated rings. The number of hydrogen-bond acceptors (Lipinski definition) is 2. The van der Waals surface area contributed by atoms with Crippen molar-refractivity contribution in [2.24, 2.45) is 0 Å². The second-order valence-electron chi connectivity index (χ2n) is 5.85. The zero-order valence-corrected chi connectivity index (χ0v) is 14.2. The summed E-state index contributed by atoms with van der Waals surface area (Å²) in [6.07, 6.45) is 8.05. The van der Waals surface area contributed by atoms with Gasteiger partial charge in [-0.05, 0) is 25.5 Å². The first-order chi connectivity index (χ1) is 10.3. The van der Waals surface area contributed by atoms with E-state index in [1.165, 1.54) is 49.7 Å². The van der Waals surface area contributed by atoms with Crippen LogP contribution in [0.4, 0.5) is 0 Å². The van der Waals surface area contributed by atoms with Crippen LogP contribution in [0, 0.1) is 6.92 Å².